The predicted molar refractivity (Wildman–Crippen MR) is 95.1 cm³/mol. The van der Waals surface area contributed by atoms with E-state index < -0.39 is 5.97 Å². The van der Waals surface area contributed by atoms with E-state index in [1.165, 1.54) is 21.8 Å². The van der Waals surface area contributed by atoms with Crippen molar-refractivity contribution in [2.75, 3.05) is 0 Å². The number of para-hydroxylation sites is 1. The molecule has 120 valence electrons. The van der Waals surface area contributed by atoms with E-state index in [0.717, 1.165) is 5.56 Å². The fourth-order valence-corrected chi connectivity index (χ4v) is 3.46. The maximum Gasteiger partial charge on any atom is 0.304 e. The Morgan fingerprint density at radius 1 is 1.09 bits per heavy atom. The summed E-state index contributed by atoms with van der Waals surface area (Å²) in [7, 11) is 0. The Morgan fingerprint density at radius 3 is 2.39 bits per heavy atom. The number of hydrogen-bond acceptors (Lipinski definition) is 1. The first kappa shape index (κ1) is 15.6. The van der Waals surface area contributed by atoms with Crippen molar-refractivity contribution in [1.29, 1.82) is 0 Å². The van der Waals surface area contributed by atoms with Gasteiger partial charge in [0.1, 0.15) is 0 Å². The number of aromatic nitrogens is 1. The van der Waals surface area contributed by atoms with Crippen molar-refractivity contribution in [3.05, 3.63) is 48.0 Å². The van der Waals surface area contributed by atoms with Crippen LogP contribution in [0.25, 0.3) is 21.8 Å². The lowest BCUT2D eigenvalue weighted by Gasteiger charge is -2.23. The van der Waals surface area contributed by atoms with Crippen LogP contribution in [0.3, 0.4) is 0 Å². The molecule has 0 aliphatic rings. The van der Waals surface area contributed by atoms with Gasteiger partial charge in [-0.05, 0) is 37.6 Å². The molecule has 0 spiro atoms. The summed E-state index contributed by atoms with van der Waals surface area (Å²) in [6.45, 7) is 8.36. The molecule has 0 atom stereocenters. The van der Waals surface area contributed by atoms with E-state index in [1.54, 1.807) is 0 Å². The van der Waals surface area contributed by atoms with E-state index in [0.29, 0.717) is 6.04 Å². The zero-order valence-electron chi connectivity index (χ0n) is 14.1. The Morgan fingerprint density at radius 2 is 1.74 bits per heavy atom. The Balaban J connectivity index is 2.28. The third-order valence-electron chi connectivity index (χ3n) is 4.60. The normalized spacial score (nSPS) is 12.4. The van der Waals surface area contributed by atoms with Crippen molar-refractivity contribution in [3.8, 4) is 0 Å². The van der Waals surface area contributed by atoms with Crippen molar-refractivity contribution >= 4 is 27.8 Å². The van der Waals surface area contributed by atoms with Crippen LogP contribution in [-0.4, -0.2) is 15.6 Å². The van der Waals surface area contributed by atoms with Crippen LogP contribution in [0.4, 0.5) is 0 Å². The average Bonchev–Trinajstić information content (AvgIpc) is 2.79. The topological polar surface area (TPSA) is 42.2 Å². The Labute approximate surface area is 136 Å². The second-order valence-electron chi connectivity index (χ2n) is 7.17. The number of benzene rings is 2. The summed E-state index contributed by atoms with van der Waals surface area (Å²) in [5.74, 6) is -0.764. The van der Waals surface area contributed by atoms with Crippen molar-refractivity contribution in [3.63, 3.8) is 0 Å². The zero-order chi connectivity index (χ0) is 16.8. The van der Waals surface area contributed by atoms with Gasteiger partial charge in [-0.15, -0.1) is 0 Å². The van der Waals surface area contributed by atoms with E-state index in [4.69, 9.17) is 5.11 Å². The summed E-state index contributed by atoms with van der Waals surface area (Å²) >= 11 is 0. The van der Waals surface area contributed by atoms with E-state index in [1.807, 2.05) is 13.8 Å². The zero-order valence-corrected chi connectivity index (χ0v) is 14.1. The third kappa shape index (κ3) is 2.61. The molecule has 0 aliphatic carbocycles. The molecule has 0 radical (unpaired) electrons. The van der Waals surface area contributed by atoms with Gasteiger partial charge in [-0.2, -0.15) is 0 Å². The van der Waals surface area contributed by atoms with Gasteiger partial charge < -0.3 is 9.67 Å². The second kappa shape index (κ2) is 5.41. The lowest BCUT2D eigenvalue weighted by atomic mass is 9.81. The summed E-state index contributed by atoms with van der Waals surface area (Å²) in [6.07, 6.45) is 0.126. The summed E-state index contributed by atoms with van der Waals surface area (Å²) < 4.78 is 2.35. The molecule has 3 nitrogen and oxygen atoms in total. The minimum absolute atomic E-state index is 0.126. The summed E-state index contributed by atoms with van der Waals surface area (Å²) in [6, 6.07) is 15.2. The van der Waals surface area contributed by atoms with Gasteiger partial charge in [-0.25, -0.2) is 0 Å². The molecule has 0 saturated carbocycles. The van der Waals surface area contributed by atoms with E-state index in [9.17, 15) is 4.79 Å². The number of carboxylic acid groups (broad SMARTS) is 1. The lowest BCUT2D eigenvalue weighted by molar-refractivity contribution is -0.138. The molecule has 1 heterocycles. The van der Waals surface area contributed by atoms with Gasteiger partial charge >= 0.3 is 5.97 Å². The van der Waals surface area contributed by atoms with Crippen LogP contribution in [0.5, 0.6) is 0 Å². The molecule has 2 aromatic carbocycles. The number of aliphatic carboxylic acids is 1. The molecule has 0 aliphatic heterocycles. The van der Waals surface area contributed by atoms with Gasteiger partial charge in [0.2, 0.25) is 0 Å². The van der Waals surface area contributed by atoms with Crippen molar-refractivity contribution in [2.45, 2.75) is 45.6 Å². The fraction of sp³-hybridized carbons (Fsp3) is 0.350. The number of fused-ring (bicyclic) bond motifs is 3. The molecule has 1 aromatic heterocycles. The first-order chi connectivity index (χ1) is 10.8. The number of carbonyl (C=O) groups is 1. The van der Waals surface area contributed by atoms with Gasteiger partial charge in [0, 0.05) is 33.3 Å². The van der Waals surface area contributed by atoms with E-state index in [-0.39, 0.29) is 11.8 Å². The third-order valence-corrected chi connectivity index (χ3v) is 4.60. The van der Waals surface area contributed by atoms with Gasteiger partial charge in [0.05, 0.1) is 6.42 Å². The highest BCUT2D eigenvalue weighted by molar-refractivity contribution is 6.08. The highest BCUT2D eigenvalue weighted by Crippen LogP contribution is 2.36. The van der Waals surface area contributed by atoms with Gasteiger partial charge in [0.25, 0.3) is 0 Å². The first-order valence-electron chi connectivity index (χ1n) is 8.06. The Hall–Kier alpha value is -2.29. The minimum atomic E-state index is -0.764. The molecular weight excluding hydrogens is 286 g/mol. The van der Waals surface area contributed by atoms with Crippen LogP contribution in [0.1, 0.15) is 45.7 Å². The van der Waals surface area contributed by atoms with Gasteiger partial charge in [0.15, 0.2) is 0 Å². The van der Waals surface area contributed by atoms with Crippen LogP contribution in [-0.2, 0) is 10.2 Å². The van der Waals surface area contributed by atoms with Gasteiger partial charge in [-0.3, -0.25) is 4.79 Å². The highest BCUT2D eigenvalue weighted by atomic mass is 16.4. The number of hydrogen-bond donors (Lipinski definition) is 1. The standard InChI is InChI=1S/C20H23NO2/c1-13(2)21-17-8-6-5-7-15(17)16-11-14(9-10-18(16)21)20(3,4)12-19(22)23/h5-11,13H,12H2,1-4H3,(H,22,23). The fourth-order valence-electron chi connectivity index (χ4n) is 3.46. The summed E-state index contributed by atoms with van der Waals surface area (Å²) in [5, 5.41) is 11.6. The van der Waals surface area contributed by atoms with Gasteiger partial charge in [-0.1, -0.05) is 38.1 Å². The SMILES string of the molecule is CC(C)n1c2ccccc2c2cc(C(C)(C)CC(=O)O)ccc21. The molecule has 0 bridgehead atoms. The maximum absolute atomic E-state index is 11.2. The molecule has 0 amide bonds. The Kier molecular flexibility index (Phi) is 3.67. The second-order valence-corrected chi connectivity index (χ2v) is 7.17. The summed E-state index contributed by atoms with van der Waals surface area (Å²) in [4.78, 5) is 11.2. The highest BCUT2D eigenvalue weighted by Gasteiger charge is 2.25. The summed E-state index contributed by atoms with van der Waals surface area (Å²) in [5.41, 5.74) is 3.11. The molecule has 23 heavy (non-hydrogen) atoms. The quantitative estimate of drug-likeness (QED) is 0.726. The van der Waals surface area contributed by atoms with Crippen LogP contribution in [0.15, 0.2) is 42.5 Å². The van der Waals surface area contributed by atoms with E-state index in [2.05, 4.69) is 60.9 Å². The number of rotatable bonds is 4. The lowest BCUT2D eigenvalue weighted by Crippen LogP contribution is -2.21. The Bertz CT molecular complexity index is 887. The minimum Gasteiger partial charge on any atom is -0.481 e. The molecule has 0 unspecified atom stereocenters. The number of nitrogens with zero attached hydrogens (tertiary/aromatic N) is 1. The van der Waals surface area contributed by atoms with Crippen LogP contribution >= 0.6 is 0 Å². The molecule has 3 heteroatoms. The van der Waals surface area contributed by atoms with Crippen molar-refractivity contribution < 1.29 is 9.90 Å². The molecule has 0 fully saturated rings. The van der Waals surface area contributed by atoms with E-state index >= 15 is 0 Å². The first-order valence-corrected chi connectivity index (χ1v) is 8.06. The van der Waals surface area contributed by atoms with Crippen molar-refractivity contribution in [2.24, 2.45) is 0 Å². The average molecular weight is 309 g/mol. The molecular formula is C20H23NO2. The monoisotopic (exact) mass is 309 g/mol. The molecule has 0 saturated heterocycles. The molecule has 3 aromatic rings. The van der Waals surface area contributed by atoms with Crippen LogP contribution in [0.2, 0.25) is 0 Å². The van der Waals surface area contributed by atoms with Crippen LogP contribution in [0, 0.1) is 0 Å². The van der Waals surface area contributed by atoms with Crippen molar-refractivity contribution in [1.82, 2.24) is 4.57 Å². The largest absolute Gasteiger partial charge is 0.481 e. The predicted octanol–water partition coefficient (Wildman–Crippen LogP) is 5.13. The molecule has 3 rings (SSSR count). The smallest absolute Gasteiger partial charge is 0.304 e. The number of carboxylic acids is 1. The maximum atomic E-state index is 11.2. The van der Waals surface area contributed by atoms with Crippen LogP contribution < -0.4 is 0 Å². The molecule has 1 N–H and O–H groups in total.